The molecule has 0 radical (unpaired) electrons. The zero-order valence-electron chi connectivity index (χ0n) is 18.6. The van der Waals surface area contributed by atoms with Gasteiger partial charge < -0.3 is 5.32 Å². The predicted molar refractivity (Wildman–Crippen MR) is 124 cm³/mol. The van der Waals surface area contributed by atoms with Crippen molar-refractivity contribution in [2.75, 3.05) is 11.9 Å². The Hall–Kier alpha value is -3.20. The van der Waals surface area contributed by atoms with Gasteiger partial charge in [-0.15, -0.1) is 0 Å². The molecule has 0 fully saturated rings. The van der Waals surface area contributed by atoms with Gasteiger partial charge >= 0.3 is 0 Å². The average molecular weight is 398 g/mol. The Balaban J connectivity index is 1.66. The van der Waals surface area contributed by atoms with E-state index in [0.29, 0.717) is 5.92 Å². The van der Waals surface area contributed by atoms with Crippen LogP contribution in [0.2, 0.25) is 0 Å². The number of nitrogens with one attached hydrogen (secondary N) is 1. The summed E-state index contributed by atoms with van der Waals surface area (Å²) < 4.78 is 4.31. The summed E-state index contributed by atoms with van der Waals surface area (Å²) in [5, 5.41) is 3.70. The molecule has 0 saturated heterocycles. The first-order valence-electron chi connectivity index (χ1n) is 10.6. The third kappa shape index (κ3) is 3.80. The Labute approximate surface area is 180 Å². The Morgan fingerprint density at radius 2 is 1.23 bits per heavy atom. The van der Waals surface area contributed by atoms with E-state index in [1.165, 1.54) is 44.8 Å². The fourth-order valence-corrected chi connectivity index (χ4v) is 4.24. The highest BCUT2D eigenvalue weighted by Crippen LogP contribution is 2.31. The van der Waals surface area contributed by atoms with Crippen molar-refractivity contribution in [3.8, 4) is 16.8 Å². The summed E-state index contributed by atoms with van der Waals surface area (Å²) in [6.07, 6.45) is 17.3. The zero-order valence-corrected chi connectivity index (χ0v) is 18.6. The van der Waals surface area contributed by atoms with Crippen LogP contribution in [-0.2, 0) is 7.05 Å². The normalized spacial score (nSPS) is 13.2. The van der Waals surface area contributed by atoms with Crippen LogP contribution in [0.5, 0.6) is 0 Å². The lowest BCUT2D eigenvalue weighted by molar-refractivity contribution is -0.671. The van der Waals surface area contributed by atoms with Crippen molar-refractivity contribution in [2.24, 2.45) is 13.0 Å². The lowest BCUT2D eigenvalue weighted by Gasteiger charge is -2.19. The molecular weight excluding hydrogens is 366 g/mol. The van der Waals surface area contributed by atoms with Crippen LogP contribution in [-0.4, -0.2) is 6.54 Å². The van der Waals surface area contributed by atoms with Crippen molar-refractivity contribution in [2.45, 2.75) is 27.7 Å². The molecule has 0 bridgehead atoms. The molecule has 2 heterocycles. The SMILES string of the molecule is Cc1c(C)c(-[n+]2ccc(-c3cc[n+](C)cc3)cc2)c(C)c(C)c1NCC1C=CC=C1. The van der Waals surface area contributed by atoms with E-state index < -0.39 is 0 Å². The third-order valence-electron chi connectivity index (χ3n) is 6.33. The fraction of sp³-hybridized carbons (Fsp3) is 0.259. The lowest BCUT2D eigenvalue weighted by atomic mass is 9.95. The van der Waals surface area contributed by atoms with Gasteiger partial charge in [0.25, 0.3) is 0 Å². The Bertz CT molecular complexity index is 1080. The molecule has 1 N–H and O–H groups in total. The van der Waals surface area contributed by atoms with Gasteiger partial charge in [0.2, 0.25) is 5.69 Å². The number of allylic oxidation sites excluding steroid dienone is 2. The highest BCUT2D eigenvalue weighted by Gasteiger charge is 2.22. The van der Waals surface area contributed by atoms with Gasteiger partial charge in [-0.2, -0.15) is 4.57 Å². The number of hydrogen-bond donors (Lipinski definition) is 1. The second-order valence-electron chi connectivity index (χ2n) is 8.28. The number of aromatic nitrogens is 2. The second-order valence-corrected chi connectivity index (χ2v) is 8.28. The molecule has 3 heteroatoms. The van der Waals surface area contributed by atoms with Gasteiger partial charge in [-0.3, -0.25) is 0 Å². The smallest absolute Gasteiger partial charge is 0.217 e. The molecule has 0 saturated carbocycles. The van der Waals surface area contributed by atoms with Crippen LogP contribution in [0.25, 0.3) is 16.8 Å². The van der Waals surface area contributed by atoms with Crippen LogP contribution in [0.4, 0.5) is 5.69 Å². The third-order valence-corrected chi connectivity index (χ3v) is 6.33. The average Bonchev–Trinajstić information content (AvgIpc) is 3.27. The predicted octanol–water partition coefficient (Wildman–Crippen LogP) is 4.84. The number of aryl methyl sites for hydroxylation is 1. The summed E-state index contributed by atoms with van der Waals surface area (Å²) in [4.78, 5) is 0. The summed E-state index contributed by atoms with van der Waals surface area (Å²) in [6.45, 7) is 9.86. The van der Waals surface area contributed by atoms with Gasteiger partial charge in [-0.25, -0.2) is 4.57 Å². The number of nitrogens with zero attached hydrogens (tertiary/aromatic N) is 2. The molecule has 2 aromatic heterocycles. The van der Waals surface area contributed by atoms with Gasteiger partial charge in [0.05, 0.1) is 0 Å². The van der Waals surface area contributed by atoms with Gasteiger partial charge in [0, 0.05) is 53.5 Å². The highest BCUT2D eigenvalue weighted by molar-refractivity contribution is 5.67. The highest BCUT2D eigenvalue weighted by atomic mass is 15.0. The van der Waals surface area contributed by atoms with Crippen LogP contribution in [0.1, 0.15) is 22.3 Å². The summed E-state index contributed by atoms with van der Waals surface area (Å²) in [5.74, 6) is 0.478. The Kier molecular flexibility index (Phi) is 5.54. The molecule has 0 atom stereocenters. The molecule has 0 amide bonds. The first kappa shape index (κ1) is 20.1. The molecular formula is C27H31N3+2. The minimum absolute atomic E-state index is 0.478. The van der Waals surface area contributed by atoms with Crippen molar-refractivity contribution in [3.05, 3.63) is 95.6 Å². The molecule has 1 aromatic carbocycles. The van der Waals surface area contributed by atoms with Crippen LogP contribution >= 0.6 is 0 Å². The van der Waals surface area contributed by atoms with E-state index >= 15 is 0 Å². The molecule has 152 valence electrons. The zero-order chi connectivity index (χ0) is 21.3. The van der Waals surface area contributed by atoms with E-state index in [1.54, 1.807) is 0 Å². The minimum Gasteiger partial charge on any atom is -0.384 e. The van der Waals surface area contributed by atoms with E-state index in [9.17, 15) is 0 Å². The van der Waals surface area contributed by atoms with E-state index in [2.05, 4.69) is 116 Å². The molecule has 3 nitrogen and oxygen atoms in total. The first-order valence-corrected chi connectivity index (χ1v) is 10.6. The van der Waals surface area contributed by atoms with E-state index in [0.717, 1.165) is 6.54 Å². The Morgan fingerprint density at radius 1 is 0.733 bits per heavy atom. The van der Waals surface area contributed by atoms with Crippen LogP contribution < -0.4 is 14.5 Å². The molecule has 3 aromatic rings. The summed E-state index contributed by atoms with van der Waals surface area (Å²) >= 11 is 0. The first-order chi connectivity index (χ1) is 14.5. The maximum Gasteiger partial charge on any atom is 0.217 e. The van der Waals surface area contributed by atoms with Crippen molar-refractivity contribution < 1.29 is 9.13 Å². The number of benzene rings is 1. The van der Waals surface area contributed by atoms with Crippen molar-refractivity contribution in [3.63, 3.8) is 0 Å². The van der Waals surface area contributed by atoms with Crippen molar-refractivity contribution >= 4 is 5.69 Å². The summed E-state index contributed by atoms with van der Waals surface area (Å²) in [6, 6.07) is 8.70. The number of hydrogen-bond acceptors (Lipinski definition) is 1. The van der Waals surface area contributed by atoms with Gasteiger partial charge in [-0.1, -0.05) is 24.3 Å². The molecule has 0 spiro atoms. The standard InChI is InChI=1S/C27H30N3/c1-19-21(3)27(22(4)20(2)26(19)28-18-23-8-6-7-9-23)30-16-12-25(13-17-30)24-10-14-29(5)15-11-24/h6-17,23H,18H2,1-5H3/q+1/p+1. The fourth-order valence-electron chi connectivity index (χ4n) is 4.24. The van der Waals surface area contributed by atoms with Gasteiger partial charge in [0.15, 0.2) is 24.8 Å². The second kappa shape index (κ2) is 8.27. The maximum absolute atomic E-state index is 3.70. The molecule has 4 rings (SSSR count). The number of rotatable bonds is 5. The van der Waals surface area contributed by atoms with E-state index in [-0.39, 0.29) is 0 Å². The van der Waals surface area contributed by atoms with Gasteiger partial charge in [0.1, 0.15) is 7.05 Å². The Morgan fingerprint density at radius 3 is 1.77 bits per heavy atom. The summed E-state index contributed by atoms with van der Waals surface area (Å²) in [5.41, 5.74) is 10.3. The number of anilines is 1. The molecule has 1 aliphatic carbocycles. The van der Waals surface area contributed by atoms with Crippen LogP contribution in [0, 0.1) is 33.6 Å². The molecule has 1 aliphatic rings. The monoisotopic (exact) mass is 397 g/mol. The van der Waals surface area contributed by atoms with Crippen molar-refractivity contribution in [1.29, 1.82) is 0 Å². The largest absolute Gasteiger partial charge is 0.384 e. The topological polar surface area (TPSA) is 19.8 Å². The van der Waals surface area contributed by atoms with E-state index in [4.69, 9.17) is 0 Å². The van der Waals surface area contributed by atoms with Crippen LogP contribution in [0.3, 0.4) is 0 Å². The lowest BCUT2D eigenvalue weighted by Crippen LogP contribution is -2.32. The van der Waals surface area contributed by atoms with E-state index in [1.807, 2.05) is 7.05 Å². The molecule has 0 aliphatic heterocycles. The minimum atomic E-state index is 0.478. The van der Waals surface area contributed by atoms with Gasteiger partial charge in [-0.05, 0) is 49.9 Å². The number of pyridine rings is 2. The molecule has 0 unspecified atom stereocenters. The quantitative estimate of drug-likeness (QED) is 0.611. The maximum atomic E-state index is 3.70. The molecule has 30 heavy (non-hydrogen) atoms. The summed E-state index contributed by atoms with van der Waals surface area (Å²) in [7, 11) is 2.04. The van der Waals surface area contributed by atoms with Crippen molar-refractivity contribution in [1.82, 2.24) is 0 Å². The van der Waals surface area contributed by atoms with Crippen LogP contribution in [0.15, 0.2) is 73.4 Å².